The van der Waals surface area contributed by atoms with Gasteiger partial charge in [0.05, 0.1) is 0 Å². The number of hydrogen-bond donors (Lipinski definition) is 0. The van der Waals surface area contributed by atoms with Gasteiger partial charge in [0.2, 0.25) is 6.17 Å². The maximum atomic E-state index is 13.4. The first-order chi connectivity index (χ1) is 13.4. The van der Waals surface area contributed by atoms with Gasteiger partial charge in [0.1, 0.15) is 10.1 Å². The third-order valence-electron chi connectivity index (χ3n) is 3.55. The fraction of sp³-hybridized carbons (Fsp3) is 1.00. The minimum atomic E-state index is -8.02. The molecule has 0 aromatic heterocycles. The molecule has 0 amide bonds. The summed E-state index contributed by atoms with van der Waals surface area (Å²) in [6.07, 6.45) is -29.2. The van der Waals surface area contributed by atoms with E-state index in [4.69, 9.17) is 0 Å². The fourth-order valence-electron chi connectivity index (χ4n) is 1.77. The molecule has 6 unspecified atom stereocenters. The molecule has 0 aromatic carbocycles. The van der Waals surface area contributed by atoms with Crippen molar-refractivity contribution >= 4 is 10.1 Å². The third-order valence-corrected chi connectivity index (χ3v) is 4.35. The molecule has 0 aromatic rings. The Morgan fingerprint density at radius 2 is 0.875 bits per heavy atom. The molecule has 0 aliphatic rings. The molecule has 0 bridgehead atoms. The van der Waals surface area contributed by atoms with E-state index >= 15 is 0 Å². The van der Waals surface area contributed by atoms with E-state index in [0.717, 1.165) is 0 Å². The Balaban J connectivity index is 0. The van der Waals surface area contributed by atoms with Gasteiger partial charge in [0.15, 0.2) is 24.7 Å². The Bertz CT molecular complexity index is 718. The van der Waals surface area contributed by atoms with Crippen LogP contribution < -0.4 is 18.9 Å². The van der Waals surface area contributed by atoms with E-state index < -0.39 is 76.6 Å². The van der Waals surface area contributed by atoms with Crippen molar-refractivity contribution < 1.29 is 102 Å². The van der Waals surface area contributed by atoms with E-state index in [-0.39, 0.29) is 18.9 Å². The minimum absolute atomic E-state index is 0. The summed E-state index contributed by atoms with van der Waals surface area (Å²) in [5, 5.41) is 0. The SMILES string of the molecule is O=S(=O)([O-])C(F)C(F)(F)C(F)(F)C(F)(F)C(F)(F)C(F)C(F)C(F)C(F)C(F)C(F)F.[Li+]. The van der Waals surface area contributed by atoms with E-state index in [2.05, 4.69) is 0 Å². The number of alkyl halides is 16. The van der Waals surface area contributed by atoms with Crippen LogP contribution in [-0.4, -0.2) is 79.4 Å². The molecule has 0 radical (unpaired) electrons. The van der Waals surface area contributed by atoms with Gasteiger partial charge >= 0.3 is 42.6 Å². The molecule has 188 valence electrons. The fourth-order valence-corrected chi connectivity index (χ4v) is 2.28. The molecular weight excluding hydrogens is 523 g/mol. The zero-order valence-electron chi connectivity index (χ0n) is 14.7. The van der Waals surface area contributed by atoms with Crippen LogP contribution >= 0.6 is 0 Å². The van der Waals surface area contributed by atoms with Gasteiger partial charge in [0, 0.05) is 0 Å². The van der Waals surface area contributed by atoms with Gasteiger partial charge in [-0.1, -0.05) is 0 Å². The molecule has 0 spiro atoms. The van der Waals surface area contributed by atoms with Crippen LogP contribution in [0.4, 0.5) is 70.2 Å². The average molecular weight is 530 g/mol. The molecular formula is C11H7F16LiO3S. The Morgan fingerprint density at radius 3 is 1.19 bits per heavy atom. The maximum Gasteiger partial charge on any atom is 1.00 e. The van der Waals surface area contributed by atoms with Crippen molar-refractivity contribution in [3.05, 3.63) is 0 Å². The Hall–Kier alpha value is -0.613. The van der Waals surface area contributed by atoms with E-state index in [1.807, 2.05) is 0 Å². The first-order valence-corrected chi connectivity index (χ1v) is 8.46. The summed E-state index contributed by atoms with van der Waals surface area (Å²) >= 11 is 0. The summed E-state index contributed by atoms with van der Waals surface area (Å²) in [5.41, 5.74) is -5.83. The van der Waals surface area contributed by atoms with Gasteiger partial charge in [-0.2, -0.15) is 35.1 Å². The molecule has 0 heterocycles. The predicted molar refractivity (Wildman–Crippen MR) is 64.9 cm³/mol. The summed E-state index contributed by atoms with van der Waals surface area (Å²) in [7, 11) is -7.24. The van der Waals surface area contributed by atoms with Crippen LogP contribution in [0.25, 0.3) is 0 Å². The van der Waals surface area contributed by atoms with Gasteiger partial charge < -0.3 is 4.55 Å². The Morgan fingerprint density at radius 1 is 0.562 bits per heavy atom. The van der Waals surface area contributed by atoms with E-state index in [1.165, 1.54) is 0 Å². The van der Waals surface area contributed by atoms with E-state index in [9.17, 15) is 83.2 Å². The van der Waals surface area contributed by atoms with Gasteiger partial charge in [-0.25, -0.2) is 43.5 Å². The minimum Gasteiger partial charge on any atom is -0.746 e. The van der Waals surface area contributed by atoms with Crippen molar-refractivity contribution in [3.63, 3.8) is 0 Å². The average Bonchev–Trinajstić information content (AvgIpc) is 2.62. The van der Waals surface area contributed by atoms with E-state index in [0.29, 0.717) is 0 Å². The van der Waals surface area contributed by atoms with Crippen LogP contribution in [-0.2, 0) is 10.1 Å². The normalized spacial score (nSPS) is 20.2. The van der Waals surface area contributed by atoms with Crippen molar-refractivity contribution in [3.8, 4) is 0 Å². The molecule has 0 saturated heterocycles. The molecule has 0 rings (SSSR count). The van der Waals surface area contributed by atoms with Crippen molar-refractivity contribution in [2.45, 2.75) is 66.5 Å². The van der Waals surface area contributed by atoms with Crippen molar-refractivity contribution in [2.24, 2.45) is 0 Å². The molecule has 21 heteroatoms. The van der Waals surface area contributed by atoms with Crippen molar-refractivity contribution in [2.75, 3.05) is 0 Å². The smallest absolute Gasteiger partial charge is 0.746 e. The van der Waals surface area contributed by atoms with E-state index in [1.54, 1.807) is 0 Å². The molecule has 0 aliphatic heterocycles. The summed E-state index contributed by atoms with van der Waals surface area (Å²) in [5.74, 6) is -31.1. The molecule has 0 aliphatic carbocycles. The third kappa shape index (κ3) is 5.71. The molecule has 0 N–H and O–H groups in total. The maximum absolute atomic E-state index is 13.4. The molecule has 6 atom stereocenters. The van der Waals surface area contributed by atoms with Gasteiger partial charge in [0.25, 0.3) is 11.9 Å². The Labute approximate surface area is 179 Å². The van der Waals surface area contributed by atoms with Crippen LogP contribution in [0.15, 0.2) is 0 Å². The summed E-state index contributed by atoms with van der Waals surface area (Å²) in [4.78, 5) is 0. The summed E-state index contributed by atoms with van der Waals surface area (Å²) in [6.45, 7) is 0. The molecule has 0 fully saturated rings. The van der Waals surface area contributed by atoms with Gasteiger partial charge in [-0.05, 0) is 0 Å². The summed E-state index contributed by atoms with van der Waals surface area (Å²) < 4.78 is 238. The zero-order valence-corrected chi connectivity index (χ0v) is 15.5. The number of hydrogen-bond acceptors (Lipinski definition) is 3. The van der Waals surface area contributed by atoms with Crippen LogP contribution in [0.1, 0.15) is 0 Å². The van der Waals surface area contributed by atoms with Gasteiger partial charge in [-0.3, -0.25) is 0 Å². The van der Waals surface area contributed by atoms with Crippen LogP contribution in [0.3, 0.4) is 0 Å². The molecule has 0 saturated carbocycles. The Kier molecular flexibility index (Phi) is 10.8. The largest absolute Gasteiger partial charge is 1.00 e. The molecule has 32 heavy (non-hydrogen) atoms. The quantitative estimate of drug-likeness (QED) is 0.230. The van der Waals surface area contributed by atoms with Gasteiger partial charge in [-0.15, -0.1) is 0 Å². The van der Waals surface area contributed by atoms with Crippen molar-refractivity contribution in [1.82, 2.24) is 0 Å². The van der Waals surface area contributed by atoms with Crippen molar-refractivity contribution in [1.29, 1.82) is 0 Å². The second kappa shape index (κ2) is 10.3. The first kappa shape index (κ1) is 33.6. The summed E-state index contributed by atoms with van der Waals surface area (Å²) in [6, 6.07) is 0. The second-order valence-corrected chi connectivity index (χ2v) is 7.12. The topological polar surface area (TPSA) is 57.2 Å². The zero-order chi connectivity index (χ0) is 25.5. The van der Waals surface area contributed by atoms with Crippen LogP contribution in [0, 0.1) is 0 Å². The second-order valence-electron chi connectivity index (χ2n) is 5.72. The predicted octanol–water partition coefficient (Wildman–Crippen LogP) is 1.33. The number of halogens is 16. The monoisotopic (exact) mass is 530 g/mol. The van der Waals surface area contributed by atoms with Crippen LogP contribution in [0.5, 0.6) is 0 Å². The van der Waals surface area contributed by atoms with Crippen LogP contribution in [0.2, 0.25) is 0 Å². The molecule has 3 nitrogen and oxygen atoms in total. The first-order valence-electron chi connectivity index (χ1n) is 6.99. The number of rotatable bonds is 11. The standard InChI is InChI=1S/C11H8F16O3S.Li/c12-1(2(13)4(15)6(17)18)3(14)5(16)8(20,21)10(24,25)11(26,27)9(22,23)7(19)31(28,29)30;/h1-7H,(H,28,29,30);/q;+1/p-1.